The highest BCUT2D eigenvalue weighted by Gasteiger charge is 2.10. The number of imidazole rings is 1. The van der Waals surface area contributed by atoms with Gasteiger partial charge in [-0.2, -0.15) is 11.3 Å². The number of fused-ring (bicyclic) bond motifs is 1. The molecule has 0 atom stereocenters. The number of pyridine rings is 1. The van der Waals surface area contributed by atoms with Gasteiger partial charge in [0.05, 0.1) is 5.52 Å². The molecule has 0 aliphatic carbocycles. The van der Waals surface area contributed by atoms with Gasteiger partial charge in [0, 0.05) is 29.2 Å². The van der Waals surface area contributed by atoms with E-state index in [0.717, 1.165) is 22.5 Å². The minimum absolute atomic E-state index is 0.0443. The van der Waals surface area contributed by atoms with E-state index in [-0.39, 0.29) is 11.8 Å². The standard InChI is InChI=1S/C13H11ClN4OS/c14-5-10(19)16-6-8-1-3-15-13-11(8)17-12(18-13)9-2-4-20-7-9/h1-4,7H,5-6H2,(H,16,19)(H,15,17,18). The highest BCUT2D eigenvalue weighted by atomic mass is 35.5. The Hall–Kier alpha value is -1.92. The lowest BCUT2D eigenvalue weighted by atomic mass is 10.2. The molecule has 3 rings (SSSR count). The quantitative estimate of drug-likeness (QED) is 0.728. The topological polar surface area (TPSA) is 70.7 Å². The van der Waals surface area contributed by atoms with Crippen molar-refractivity contribution >= 4 is 40.0 Å². The molecular formula is C13H11ClN4OS. The van der Waals surface area contributed by atoms with Gasteiger partial charge in [-0.1, -0.05) is 0 Å². The first-order chi connectivity index (χ1) is 9.78. The summed E-state index contributed by atoms with van der Waals surface area (Å²) >= 11 is 7.08. The number of amides is 1. The predicted octanol–water partition coefficient (Wildman–Crippen LogP) is 2.54. The van der Waals surface area contributed by atoms with Gasteiger partial charge in [-0.05, 0) is 17.5 Å². The maximum atomic E-state index is 11.2. The molecule has 0 aliphatic heterocycles. The van der Waals surface area contributed by atoms with Crippen LogP contribution in [0.5, 0.6) is 0 Å². The van der Waals surface area contributed by atoms with Crippen molar-refractivity contribution in [3.8, 4) is 11.4 Å². The number of aromatic amines is 1. The lowest BCUT2D eigenvalue weighted by molar-refractivity contribution is -0.118. The van der Waals surface area contributed by atoms with Crippen molar-refractivity contribution in [1.29, 1.82) is 0 Å². The van der Waals surface area contributed by atoms with E-state index in [1.807, 2.05) is 22.9 Å². The van der Waals surface area contributed by atoms with Crippen LogP contribution in [-0.2, 0) is 11.3 Å². The molecule has 3 aromatic heterocycles. The Morgan fingerprint density at radius 3 is 3.10 bits per heavy atom. The summed E-state index contributed by atoms with van der Waals surface area (Å²) in [6.45, 7) is 0.399. The lowest BCUT2D eigenvalue weighted by Crippen LogP contribution is -2.23. The normalized spacial score (nSPS) is 10.8. The molecule has 0 fully saturated rings. The average molecular weight is 307 g/mol. The summed E-state index contributed by atoms with van der Waals surface area (Å²) in [5, 5.41) is 6.76. The van der Waals surface area contributed by atoms with Crippen LogP contribution in [0.2, 0.25) is 0 Å². The third-order valence-electron chi connectivity index (χ3n) is 2.87. The molecule has 0 saturated carbocycles. The van der Waals surface area contributed by atoms with E-state index >= 15 is 0 Å². The van der Waals surface area contributed by atoms with Crippen LogP contribution < -0.4 is 5.32 Å². The Morgan fingerprint density at radius 2 is 2.35 bits per heavy atom. The largest absolute Gasteiger partial charge is 0.351 e. The zero-order chi connectivity index (χ0) is 13.9. The molecule has 3 heterocycles. The van der Waals surface area contributed by atoms with Crippen molar-refractivity contribution in [2.45, 2.75) is 6.54 Å². The van der Waals surface area contributed by atoms with E-state index in [4.69, 9.17) is 11.6 Å². The predicted molar refractivity (Wildman–Crippen MR) is 79.8 cm³/mol. The minimum atomic E-state index is -0.200. The van der Waals surface area contributed by atoms with Crippen LogP contribution >= 0.6 is 22.9 Å². The number of hydrogen-bond acceptors (Lipinski definition) is 4. The van der Waals surface area contributed by atoms with Gasteiger partial charge >= 0.3 is 0 Å². The SMILES string of the molecule is O=C(CCl)NCc1ccnc2nc(-c3ccsc3)[nH]c12. The van der Waals surface area contributed by atoms with Gasteiger partial charge in [0.2, 0.25) is 5.91 Å². The monoisotopic (exact) mass is 306 g/mol. The fourth-order valence-electron chi connectivity index (χ4n) is 1.89. The third kappa shape index (κ3) is 2.52. The average Bonchev–Trinajstić information content (AvgIpc) is 3.12. The highest BCUT2D eigenvalue weighted by molar-refractivity contribution is 7.08. The first kappa shape index (κ1) is 13.1. The number of H-pyrrole nitrogens is 1. The van der Waals surface area contributed by atoms with Crippen molar-refractivity contribution in [1.82, 2.24) is 20.3 Å². The third-order valence-corrected chi connectivity index (χ3v) is 3.80. The Labute approximate surface area is 124 Å². The smallest absolute Gasteiger partial charge is 0.235 e. The van der Waals surface area contributed by atoms with Crippen molar-refractivity contribution in [2.24, 2.45) is 0 Å². The number of halogens is 1. The molecule has 5 nitrogen and oxygen atoms in total. The van der Waals surface area contributed by atoms with Crippen LogP contribution in [-0.4, -0.2) is 26.7 Å². The van der Waals surface area contributed by atoms with Crippen molar-refractivity contribution in [3.05, 3.63) is 34.7 Å². The fraction of sp³-hybridized carbons (Fsp3) is 0.154. The van der Waals surface area contributed by atoms with E-state index < -0.39 is 0 Å². The van der Waals surface area contributed by atoms with Crippen molar-refractivity contribution in [3.63, 3.8) is 0 Å². The number of carbonyl (C=O) groups is 1. The lowest BCUT2D eigenvalue weighted by Gasteiger charge is -2.03. The number of alkyl halides is 1. The van der Waals surface area contributed by atoms with Gasteiger partial charge < -0.3 is 10.3 Å². The minimum Gasteiger partial charge on any atom is -0.351 e. The summed E-state index contributed by atoms with van der Waals surface area (Å²) in [5.74, 6) is 0.538. The maximum absolute atomic E-state index is 11.2. The Kier molecular flexibility index (Phi) is 3.66. The van der Waals surface area contributed by atoms with Gasteiger partial charge in [-0.25, -0.2) is 9.97 Å². The molecule has 0 bridgehead atoms. The van der Waals surface area contributed by atoms with Crippen LogP contribution in [0, 0.1) is 0 Å². The van der Waals surface area contributed by atoms with Crippen LogP contribution in [0.15, 0.2) is 29.1 Å². The number of nitrogens with zero attached hydrogens (tertiary/aromatic N) is 2. The van der Waals surface area contributed by atoms with Crippen molar-refractivity contribution < 1.29 is 4.79 Å². The molecule has 0 aliphatic rings. The zero-order valence-corrected chi connectivity index (χ0v) is 12.0. The fourth-order valence-corrected chi connectivity index (χ4v) is 2.62. The van der Waals surface area contributed by atoms with Crippen LogP contribution in [0.4, 0.5) is 0 Å². The van der Waals surface area contributed by atoms with E-state index in [1.54, 1.807) is 17.5 Å². The number of hydrogen-bond donors (Lipinski definition) is 2. The Balaban J connectivity index is 1.95. The molecule has 2 N–H and O–H groups in total. The molecule has 0 radical (unpaired) electrons. The van der Waals surface area contributed by atoms with Crippen molar-refractivity contribution in [2.75, 3.05) is 5.88 Å². The summed E-state index contributed by atoms with van der Waals surface area (Å²) in [4.78, 5) is 23.2. The molecule has 0 aromatic carbocycles. The molecule has 7 heteroatoms. The van der Waals surface area contributed by atoms with Gasteiger partial charge in [0.1, 0.15) is 11.7 Å². The van der Waals surface area contributed by atoms with Crippen LogP contribution in [0.3, 0.4) is 0 Å². The second-order valence-electron chi connectivity index (χ2n) is 4.18. The number of rotatable bonds is 4. The number of thiophene rings is 1. The number of aromatic nitrogens is 3. The molecule has 0 spiro atoms. The van der Waals surface area contributed by atoms with E-state index in [0.29, 0.717) is 12.2 Å². The maximum Gasteiger partial charge on any atom is 0.235 e. The second-order valence-corrected chi connectivity index (χ2v) is 5.22. The van der Waals surface area contributed by atoms with E-state index in [2.05, 4.69) is 20.3 Å². The second kappa shape index (κ2) is 5.60. The van der Waals surface area contributed by atoms with Crippen LogP contribution in [0.25, 0.3) is 22.6 Å². The zero-order valence-electron chi connectivity index (χ0n) is 10.4. The van der Waals surface area contributed by atoms with Gasteiger partial charge in [-0.3, -0.25) is 4.79 Å². The summed E-state index contributed by atoms with van der Waals surface area (Å²) in [7, 11) is 0. The number of nitrogens with one attached hydrogen (secondary N) is 2. The van der Waals surface area contributed by atoms with Gasteiger partial charge in [-0.15, -0.1) is 11.6 Å². The molecule has 20 heavy (non-hydrogen) atoms. The molecule has 3 aromatic rings. The van der Waals surface area contributed by atoms with Gasteiger partial charge in [0.15, 0.2) is 5.65 Å². The summed E-state index contributed by atoms with van der Waals surface area (Å²) in [5.41, 5.74) is 3.44. The summed E-state index contributed by atoms with van der Waals surface area (Å²) < 4.78 is 0. The molecule has 102 valence electrons. The number of carbonyl (C=O) groups excluding carboxylic acids is 1. The summed E-state index contributed by atoms with van der Waals surface area (Å²) in [6, 6.07) is 3.85. The Bertz CT molecular complexity index is 738. The molecule has 1 amide bonds. The van der Waals surface area contributed by atoms with Gasteiger partial charge in [0.25, 0.3) is 0 Å². The molecular weight excluding hydrogens is 296 g/mol. The van der Waals surface area contributed by atoms with E-state index in [1.165, 1.54) is 0 Å². The molecule has 0 unspecified atom stereocenters. The first-order valence-electron chi connectivity index (χ1n) is 5.97. The molecule has 0 saturated heterocycles. The highest BCUT2D eigenvalue weighted by Crippen LogP contribution is 2.23. The van der Waals surface area contributed by atoms with E-state index in [9.17, 15) is 4.79 Å². The first-order valence-corrected chi connectivity index (χ1v) is 7.44. The summed E-state index contributed by atoms with van der Waals surface area (Å²) in [6.07, 6.45) is 1.68. The van der Waals surface area contributed by atoms with Crippen LogP contribution in [0.1, 0.15) is 5.56 Å². The Morgan fingerprint density at radius 1 is 1.45 bits per heavy atom.